The number of carbonyl (C=O) groups is 3. The lowest BCUT2D eigenvalue weighted by atomic mass is 9.73. The van der Waals surface area contributed by atoms with Gasteiger partial charge in [-0.1, -0.05) is 27.7 Å². The second kappa shape index (κ2) is 18.3. The van der Waals surface area contributed by atoms with Crippen LogP contribution in [0.15, 0.2) is 11.6 Å². The molecule has 3 rings (SSSR count). The highest BCUT2D eigenvalue weighted by Gasteiger charge is 2.51. The molecule has 2 N–H and O–H groups in total. The van der Waals surface area contributed by atoms with E-state index < -0.39 is 89.4 Å². The van der Waals surface area contributed by atoms with Crippen LogP contribution in [-0.4, -0.2) is 127 Å². The predicted molar refractivity (Wildman–Crippen MR) is 198 cm³/mol. The number of allylic oxidation sites excluding steroid dienone is 1. The van der Waals surface area contributed by atoms with Crippen LogP contribution in [0.4, 0.5) is 0 Å². The molecule has 13 heteroatoms. The summed E-state index contributed by atoms with van der Waals surface area (Å²) in [6.07, 6.45) is -1.24. The molecule has 3 aliphatic rings. The summed E-state index contributed by atoms with van der Waals surface area (Å²) in [6, 6.07) is 0.180. The number of aliphatic hydroxyl groups is 2. The quantitative estimate of drug-likeness (QED) is 0.315. The number of carbonyl (C=O) groups excluding carboxylic acids is 3. The fraction of sp³-hybridized carbons (Fsp3) is 0.875. The van der Waals surface area contributed by atoms with E-state index in [9.17, 15) is 24.6 Å². The van der Waals surface area contributed by atoms with Crippen molar-refractivity contribution in [3.05, 3.63) is 11.6 Å². The number of esters is 2. The molecule has 3 aliphatic heterocycles. The monoisotopic (exact) mass is 755 g/mol. The summed E-state index contributed by atoms with van der Waals surface area (Å²) >= 11 is 0. The Balaban J connectivity index is 2.09. The number of nitrogens with zero attached hydrogens (tertiary/aromatic N) is 1. The van der Waals surface area contributed by atoms with Crippen LogP contribution < -0.4 is 0 Å². The number of cyclic esters (lactones) is 1. The first-order valence-electron chi connectivity index (χ1n) is 19.3. The van der Waals surface area contributed by atoms with Crippen LogP contribution in [0.5, 0.6) is 0 Å². The van der Waals surface area contributed by atoms with Crippen LogP contribution in [0.2, 0.25) is 0 Å². The molecule has 2 saturated heterocycles. The van der Waals surface area contributed by atoms with Crippen molar-refractivity contribution in [2.75, 3.05) is 27.8 Å². The molecule has 0 aliphatic carbocycles. The smallest absolute Gasteiger partial charge is 0.309 e. The fourth-order valence-electron chi connectivity index (χ4n) is 8.63. The molecule has 0 aromatic carbocycles. The minimum atomic E-state index is -1.63. The Bertz CT molecular complexity index is 1280. The van der Waals surface area contributed by atoms with Gasteiger partial charge in [-0.05, 0) is 92.5 Å². The van der Waals surface area contributed by atoms with E-state index in [1.54, 1.807) is 41.7 Å². The molecule has 3 heterocycles. The highest BCUT2D eigenvalue weighted by molar-refractivity contribution is 5.96. The van der Waals surface area contributed by atoms with E-state index in [4.69, 9.17) is 33.2 Å². The van der Waals surface area contributed by atoms with E-state index in [1.165, 1.54) is 19.9 Å². The second-order valence-electron chi connectivity index (χ2n) is 16.9. The Morgan fingerprint density at radius 1 is 0.981 bits per heavy atom. The summed E-state index contributed by atoms with van der Waals surface area (Å²) in [7, 11) is 5.58. The Kier molecular flexibility index (Phi) is 15.7. The first-order chi connectivity index (χ1) is 24.5. The van der Waals surface area contributed by atoms with Crippen LogP contribution in [0.25, 0.3) is 0 Å². The number of hydrogen-bond donors (Lipinski definition) is 2. The van der Waals surface area contributed by atoms with Crippen LogP contribution in [-0.2, 0) is 47.5 Å². The van der Waals surface area contributed by atoms with Gasteiger partial charge < -0.3 is 48.3 Å². The van der Waals surface area contributed by atoms with Crippen molar-refractivity contribution in [2.24, 2.45) is 23.7 Å². The van der Waals surface area contributed by atoms with Crippen molar-refractivity contribution < 1.29 is 57.8 Å². The lowest BCUT2D eigenvalue weighted by Crippen LogP contribution is -2.58. The molecule has 306 valence electrons. The van der Waals surface area contributed by atoms with Crippen LogP contribution >= 0.6 is 0 Å². The van der Waals surface area contributed by atoms with E-state index in [0.717, 1.165) is 6.42 Å². The Hall–Kier alpha value is -1.97. The third-order valence-electron chi connectivity index (χ3n) is 11.8. The minimum absolute atomic E-state index is 0.00822. The van der Waals surface area contributed by atoms with Crippen molar-refractivity contribution >= 4 is 17.7 Å². The third-order valence-corrected chi connectivity index (χ3v) is 11.8. The van der Waals surface area contributed by atoms with Crippen molar-refractivity contribution in [3.63, 3.8) is 0 Å². The number of hydrogen-bond acceptors (Lipinski definition) is 13. The van der Waals surface area contributed by atoms with Gasteiger partial charge in [0.2, 0.25) is 0 Å². The van der Waals surface area contributed by atoms with Gasteiger partial charge >= 0.3 is 11.9 Å². The number of ketones is 1. The molecule has 2 fully saturated rings. The fourth-order valence-corrected chi connectivity index (χ4v) is 8.63. The number of ether oxygens (including phenoxy) is 7. The van der Waals surface area contributed by atoms with Gasteiger partial charge in [-0.2, -0.15) is 0 Å². The van der Waals surface area contributed by atoms with E-state index in [1.807, 2.05) is 41.8 Å². The molecule has 0 bridgehead atoms. The minimum Gasteiger partial charge on any atom is -0.459 e. The number of Topliss-reactive ketones (excluding diaryl/α,β-unsaturated/α-hetero) is 1. The topological polar surface area (TPSA) is 160 Å². The van der Waals surface area contributed by atoms with E-state index in [0.29, 0.717) is 18.4 Å². The van der Waals surface area contributed by atoms with Gasteiger partial charge in [-0.3, -0.25) is 14.4 Å². The Morgan fingerprint density at radius 2 is 1.62 bits per heavy atom. The first kappa shape index (κ1) is 45.4. The molecule has 0 unspecified atom stereocenters. The average Bonchev–Trinajstić information content (AvgIpc) is 3.05. The molecule has 0 aromatic rings. The summed E-state index contributed by atoms with van der Waals surface area (Å²) in [4.78, 5) is 41.9. The van der Waals surface area contributed by atoms with Gasteiger partial charge in [-0.15, -0.1) is 0 Å². The second-order valence-corrected chi connectivity index (χ2v) is 16.9. The first-order valence-corrected chi connectivity index (χ1v) is 19.3. The largest absolute Gasteiger partial charge is 0.459 e. The highest BCUT2D eigenvalue weighted by Crippen LogP contribution is 2.40. The van der Waals surface area contributed by atoms with Crippen molar-refractivity contribution in [2.45, 2.75) is 174 Å². The van der Waals surface area contributed by atoms with E-state index in [-0.39, 0.29) is 37.4 Å². The summed E-state index contributed by atoms with van der Waals surface area (Å²) in [5, 5.41) is 23.9. The van der Waals surface area contributed by atoms with Crippen molar-refractivity contribution in [1.29, 1.82) is 0 Å². The molecule has 15 atom stereocenters. The third kappa shape index (κ3) is 11.3. The Morgan fingerprint density at radius 3 is 2.19 bits per heavy atom. The molecular weight excluding hydrogens is 686 g/mol. The highest BCUT2D eigenvalue weighted by atomic mass is 16.7. The predicted octanol–water partition coefficient (Wildman–Crippen LogP) is 4.58. The van der Waals surface area contributed by atoms with Gasteiger partial charge in [0.1, 0.15) is 17.3 Å². The van der Waals surface area contributed by atoms with Gasteiger partial charge in [0.05, 0.1) is 36.4 Å². The molecule has 0 aromatic heterocycles. The van der Waals surface area contributed by atoms with Crippen molar-refractivity contribution in [1.82, 2.24) is 4.90 Å². The summed E-state index contributed by atoms with van der Waals surface area (Å²) in [5.41, 5.74) is -3.82. The SMILES string of the molecule is CC[C@H]1OC(=O)[C@H](C)[C@@H](CO[C@H]2C[C@@](C)(OC)[C@@H](OC(C)=O)[C@H](C)O2)[C@H](C)[C@@H](O[C@H]2C[C@@H](N(C)C)C[C@@H](C)O2)[C@](C)(O)C[C@@H](C)C(=O)/C(C)=C/[C@]1(C)O. The number of rotatable bonds is 9. The van der Waals surface area contributed by atoms with Gasteiger partial charge in [0, 0.05) is 44.8 Å². The zero-order chi connectivity index (χ0) is 40.2. The van der Waals surface area contributed by atoms with Crippen LogP contribution in [0, 0.1) is 23.7 Å². The summed E-state index contributed by atoms with van der Waals surface area (Å²) in [5.74, 6) is -3.86. The van der Waals surface area contributed by atoms with E-state index in [2.05, 4.69) is 4.90 Å². The maximum absolute atomic E-state index is 14.1. The van der Waals surface area contributed by atoms with Crippen molar-refractivity contribution in [3.8, 4) is 0 Å². The Labute approximate surface area is 317 Å². The number of methoxy groups -OCH3 is 1. The normalized spacial score (nSPS) is 44.8. The van der Waals surface area contributed by atoms with Gasteiger partial charge in [0.25, 0.3) is 0 Å². The molecule has 0 radical (unpaired) electrons. The standard InChI is InChI=1S/C40H69NO12/c1-15-31-38(9,45)18-22(2)34(43)23(3)19-39(10,46)35(53-32-17-29(41(12)13)16-24(4)49-32)25(5)30(26(6)37(44)52-31)21-48-33-20-40(11,47-14)36(27(7)50-33)51-28(8)42/h18,23-27,29-33,35-36,45-46H,15-17,19-21H2,1-14H3/b22-18+/t23-,24-,25+,26-,27+,29+,30+,31-,32+,33-,35-,36+,38+,39-,40-/m1/s1. The lowest BCUT2D eigenvalue weighted by Gasteiger charge is -2.47. The molecule has 0 amide bonds. The lowest BCUT2D eigenvalue weighted by molar-refractivity contribution is -0.289. The molecule has 53 heavy (non-hydrogen) atoms. The molecule has 0 spiro atoms. The summed E-state index contributed by atoms with van der Waals surface area (Å²) < 4.78 is 43.3. The zero-order valence-electron chi connectivity index (χ0n) is 34.7. The molecule has 13 nitrogen and oxygen atoms in total. The van der Waals surface area contributed by atoms with Gasteiger partial charge in [0.15, 0.2) is 24.5 Å². The van der Waals surface area contributed by atoms with Gasteiger partial charge in [-0.25, -0.2) is 0 Å². The van der Waals surface area contributed by atoms with Crippen LogP contribution in [0.3, 0.4) is 0 Å². The maximum atomic E-state index is 14.1. The average molecular weight is 756 g/mol. The zero-order valence-corrected chi connectivity index (χ0v) is 34.7. The van der Waals surface area contributed by atoms with Crippen LogP contribution in [0.1, 0.15) is 108 Å². The molecule has 0 saturated carbocycles. The maximum Gasteiger partial charge on any atom is 0.309 e. The molecular formula is C40H69NO12. The van der Waals surface area contributed by atoms with E-state index >= 15 is 0 Å². The summed E-state index contributed by atoms with van der Waals surface area (Å²) in [6.45, 7) is 19.0.